The molecule has 1 atom stereocenters. The Labute approximate surface area is 129 Å². The van der Waals surface area contributed by atoms with E-state index in [0.717, 1.165) is 5.56 Å². The largest absolute Gasteiger partial charge is 0.369 e. The predicted octanol–water partition coefficient (Wildman–Crippen LogP) is 2.38. The van der Waals surface area contributed by atoms with E-state index < -0.39 is 0 Å². The van der Waals surface area contributed by atoms with Gasteiger partial charge in [-0.25, -0.2) is 0 Å². The van der Waals surface area contributed by atoms with E-state index >= 15 is 0 Å². The molecule has 1 unspecified atom stereocenters. The Hall–Kier alpha value is -2.21. The number of morpholine rings is 1. The molecular formula is C16H19N3O3. The average molecular weight is 301 g/mol. The van der Waals surface area contributed by atoms with Crippen molar-refractivity contribution in [2.24, 2.45) is 0 Å². The summed E-state index contributed by atoms with van der Waals surface area (Å²) in [7, 11) is 0. The fourth-order valence-electron chi connectivity index (χ4n) is 2.79. The lowest BCUT2D eigenvalue weighted by Crippen LogP contribution is -2.53. The Morgan fingerprint density at radius 3 is 2.95 bits per heavy atom. The second-order valence-corrected chi connectivity index (χ2v) is 6.19. The molecule has 3 rings (SSSR count). The first kappa shape index (κ1) is 14.7. The molecule has 0 N–H and O–H groups in total. The van der Waals surface area contributed by atoms with Crippen molar-refractivity contribution in [1.29, 1.82) is 0 Å². The number of hydrogen-bond acceptors (Lipinski definition) is 5. The first-order chi connectivity index (χ1) is 10.4. The van der Waals surface area contributed by atoms with E-state index in [1.165, 1.54) is 0 Å². The summed E-state index contributed by atoms with van der Waals surface area (Å²) in [6.45, 7) is 7.01. The van der Waals surface area contributed by atoms with Crippen LogP contribution in [0.3, 0.4) is 0 Å². The minimum atomic E-state index is -0.358. The Morgan fingerprint density at radius 1 is 1.45 bits per heavy atom. The molecule has 0 saturated carbocycles. The molecule has 22 heavy (non-hydrogen) atoms. The molecule has 6 nitrogen and oxygen atoms in total. The molecule has 0 aromatic carbocycles. The fourth-order valence-corrected chi connectivity index (χ4v) is 2.79. The van der Waals surface area contributed by atoms with Crippen molar-refractivity contribution < 1.29 is 14.1 Å². The summed E-state index contributed by atoms with van der Waals surface area (Å²) in [4.78, 5) is 18.4. The normalized spacial score (nSPS) is 20.9. The number of rotatable bonds is 2. The molecule has 2 aromatic rings. The Balaban J connectivity index is 1.80. The van der Waals surface area contributed by atoms with Gasteiger partial charge in [0.15, 0.2) is 11.5 Å². The van der Waals surface area contributed by atoms with Crippen molar-refractivity contribution >= 4 is 5.91 Å². The van der Waals surface area contributed by atoms with Gasteiger partial charge in [0.2, 0.25) is 0 Å². The van der Waals surface area contributed by atoms with Gasteiger partial charge >= 0.3 is 0 Å². The third-order valence-electron chi connectivity index (χ3n) is 3.53. The number of hydrogen-bond donors (Lipinski definition) is 0. The van der Waals surface area contributed by atoms with Crippen LogP contribution in [0.1, 0.15) is 31.3 Å². The lowest BCUT2D eigenvalue weighted by atomic mass is 10.1. The topological polar surface area (TPSA) is 68.5 Å². The number of ether oxygens (including phenoxy) is 1. The van der Waals surface area contributed by atoms with Crippen LogP contribution in [0.2, 0.25) is 0 Å². The number of carbonyl (C=O) groups is 1. The smallest absolute Gasteiger partial charge is 0.276 e. The molecule has 1 aliphatic rings. The molecule has 1 aliphatic heterocycles. The van der Waals surface area contributed by atoms with Crippen molar-refractivity contribution in [2.75, 3.05) is 13.1 Å². The molecule has 1 fully saturated rings. The Kier molecular flexibility index (Phi) is 3.70. The van der Waals surface area contributed by atoms with Crippen LogP contribution >= 0.6 is 0 Å². The number of carbonyl (C=O) groups excluding carboxylic acids is 1. The first-order valence-electron chi connectivity index (χ1n) is 7.29. The monoisotopic (exact) mass is 301 g/mol. The lowest BCUT2D eigenvalue weighted by Gasteiger charge is -2.41. The fraction of sp³-hybridized carbons (Fsp3) is 0.438. The zero-order chi connectivity index (χ0) is 15.7. The predicted molar refractivity (Wildman–Crippen MR) is 80.3 cm³/mol. The summed E-state index contributed by atoms with van der Waals surface area (Å²) >= 11 is 0. The number of aromatic nitrogens is 2. The molecule has 1 amide bonds. The van der Waals surface area contributed by atoms with Crippen molar-refractivity contribution in [2.45, 2.75) is 32.5 Å². The second kappa shape index (κ2) is 5.53. The maximum Gasteiger partial charge on any atom is 0.276 e. The van der Waals surface area contributed by atoms with Gasteiger partial charge in [0.25, 0.3) is 5.91 Å². The average Bonchev–Trinajstić information content (AvgIpc) is 2.95. The van der Waals surface area contributed by atoms with Crippen LogP contribution in [0.25, 0.3) is 11.3 Å². The summed E-state index contributed by atoms with van der Waals surface area (Å²) in [5.41, 5.74) is 0.747. The molecule has 0 radical (unpaired) electrons. The van der Waals surface area contributed by atoms with Crippen molar-refractivity contribution in [1.82, 2.24) is 15.0 Å². The molecule has 1 saturated heterocycles. The van der Waals surface area contributed by atoms with Crippen LogP contribution < -0.4 is 0 Å². The van der Waals surface area contributed by atoms with Gasteiger partial charge in [0, 0.05) is 37.1 Å². The van der Waals surface area contributed by atoms with Gasteiger partial charge in [-0.3, -0.25) is 9.78 Å². The van der Waals surface area contributed by atoms with Crippen molar-refractivity contribution in [3.05, 3.63) is 36.3 Å². The quantitative estimate of drug-likeness (QED) is 0.852. The molecule has 2 aromatic heterocycles. The Bertz CT molecular complexity index is 666. The highest BCUT2D eigenvalue weighted by Crippen LogP contribution is 2.24. The zero-order valence-electron chi connectivity index (χ0n) is 12.9. The van der Waals surface area contributed by atoms with Crippen molar-refractivity contribution in [3.63, 3.8) is 0 Å². The van der Waals surface area contributed by atoms with E-state index in [1.54, 1.807) is 23.4 Å². The van der Waals surface area contributed by atoms with E-state index in [0.29, 0.717) is 24.5 Å². The van der Waals surface area contributed by atoms with Crippen molar-refractivity contribution in [3.8, 4) is 11.3 Å². The van der Waals surface area contributed by atoms with Gasteiger partial charge in [-0.15, -0.1) is 0 Å². The van der Waals surface area contributed by atoms with Crippen LogP contribution in [0.5, 0.6) is 0 Å². The SMILES string of the molecule is CC1CN(C(=O)c2cc(-c3cccnc3)on2)CC(C)(C)O1. The second-order valence-electron chi connectivity index (χ2n) is 6.19. The number of pyridine rings is 1. The molecule has 0 spiro atoms. The summed E-state index contributed by atoms with van der Waals surface area (Å²) in [5, 5.41) is 3.91. The van der Waals surface area contributed by atoms with Crippen LogP contribution in [-0.4, -0.2) is 45.7 Å². The number of amides is 1. The van der Waals surface area contributed by atoms with Crippen LogP contribution in [0, 0.1) is 0 Å². The molecule has 0 aliphatic carbocycles. The molecule has 3 heterocycles. The van der Waals surface area contributed by atoms with Crippen LogP contribution in [-0.2, 0) is 4.74 Å². The van der Waals surface area contributed by atoms with E-state index in [-0.39, 0.29) is 17.6 Å². The van der Waals surface area contributed by atoms with E-state index in [1.807, 2.05) is 32.9 Å². The lowest BCUT2D eigenvalue weighted by molar-refractivity contribution is -0.119. The van der Waals surface area contributed by atoms with E-state index in [4.69, 9.17) is 9.26 Å². The van der Waals surface area contributed by atoms with Gasteiger partial charge in [0.05, 0.1) is 11.7 Å². The van der Waals surface area contributed by atoms with Gasteiger partial charge in [-0.1, -0.05) is 5.16 Å². The summed E-state index contributed by atoms with van der Waals surface area (Å²) in [5.74, 6) is 0.402. The molecule has 6 heteroatoms. The maximum absolute atomic E-state index is 12.6. The first-order valence-corrected chi connectivity index (χ1v) is 7.29. The summed E-state index contributed by atoms with van der Waals surface area (Å²) in [6, 6.07) is 5.33. The third-order valence-corrected chi connectivity index (χ3v) is 3.53. The standard InChI is InChI=1S/C16H19N3O3/c1-11-9-19(10-16(2,3)21-11)15(20)13-7-14(22-18-13)12-5-4-6-17-8-12/h4-8,11H,9-10H2,1-3H3. The van der Waals surface area contributed by atoms with Gasteiger partial charge in [0.1, 0.15) is 0 Å². The third kappa shape index (κ3) is 3.01. The number of nitrogens with zero attached hydrogens (tertiary/aromatic N) is 3. The molecule has 116 valence electrons. The molecule has 0 bridgehead atoms. The van der Waals surface area contributed by atoms with Gasteiger partial charge < -0.3 is 14.2 Å². The Morgan fingerprint density at radius 2 is 2.27 bits per heavy atom. The molecular weight excluding hydrogens is 282 g/mol. The maximum atomic E-state index is 12.6. The van der Waals surface area contributed by atoms with Crippen LogP contribution in [0.4, 0.5) is 0 Å². The van der Waals surface area contributed by atoms with E-state index in [2.05, 4.69) is 10.1 Å². The summed E-state index contributed by atoms with van der Waals surface area (Å²) in [6.07, 6.45) is 3.36. The summed E-state index contributed by atoms with van der Waals surface area (Å²) < 4.78 is 11.1. The minimum absolute atomic E-state index is 0.00241. The minimum Gasteiger partial charge on any atom is -0.369 e. The van der Waals surface area contributed by atoms with Crippen LogP contribution in [0.15, 0.2) is 35.1 Å². The van der Waals surface area contributed by atoms with E-state index in [9.17, 15) is 4.79 Å². The highest BCUT2D eigenvalue weighted by molar-refractivity contribution is 5.93. The van der Waals surface area contributed by atoms with Gasteiger partial charge in [-0.2, -0.15) is 0 Å². The van der Waals surface area contributed by atoms with Gasteiger partial charge in [-0.05, 0) is 32.9 Å². The highest BCUT2D eigenvalue weighted by Gasteiger charge is 2.35. The highest BCUT2D eigenvalue weighted by atomic mass is 16.5. The zero-order valence-corrected chi connectivity index (χ0v) is 12.9.